The molecule has 0 unspecified atom stereocenters. The predicted octanol–water partition coefficient (Wildman–Crippen LogP) is 3.06. The van der Waals surface area contributed by atoms with Crippen molar-refractivity contribution in [2.24, 2.45) is 5.92 Å². The molecule has 9 heteroatoms. The Morgan fingerprint density at radius 3 is 2.37 bits per heavy atom. The number of hydrogen-bond donors (Lipinski definition) is 1. The van der Waals surface area contributed by atoms with Crippen molar-refractivity contribution in [3.63, 3.8) is 0 Å². The number of nitro benzene ring substituents is 1. The fraction of sp³-hybridized carbons (Fsp3) is 0.278. The van der Waals surface area contributed by atoms with Gasteiger partial charge < -0.3 is 9.50 Å². The van der Waals surface area contributed by atoms with Crippen molar-refractivity contribution < 1.29 is 22.3 Å². The molecule has 2 aromatic carbocycles. The minimum atomic E-state index is -4.26. The van der Waals surface area contributed by atoms with Gasteiger partial charge in [0.25, 0.3) is 11.6 Å². The fourth-order valence-electron chi connectivity index (χ4n) is 2.20. The van der Waals surface area contributed by atoms with Crippen LogP contribution in [0.3, 0.4) is 0 Å². The minimum absolute atomic E-state index is 0.00122. The molecule has 2 rings (SSSR count). The normalized spacial score (nSPS) is 11.3. The van der Waals surface area contributed by atoms with Gasteiger partial charge in [0.2, 0.25) is 0 Å². The van der Waals surface area contributed by atoms with Crippen molar-refractivity contribution in [3.8, 4) is 5.75 Å². The third-order valence-electron chi connectivity index (χ3n) is 3.65. The Kier molecular flexibility index (Phi) is 6.17. The Morgan fingerprint density at radius 1 is 1.19 bits per heavy atom. The van der Waals surface area contributed by atoms with Crippen molar-refractivity contribution >= 4 is 21.7 Å². The molecular weight excluding hydrogens is 372 g/mol. The van der Waals surface area contributed by atoms with E-state index in [9.17, 15) is 23.3 Å². The van der Waals surface area contributed by atoms with Gasteiger partial charge in [-0.05, 0) is 42.7 Å². The van der Waals surface area contributed by atoms with Crippen LogP contribution in [0.15, 0.2) is 47.4 Å². The molecule has 27 heavy (non-hydrogen) atoms. The smallest absolute Gasteiger partial charge is 0.339 e. The lowest BCUT2D eigenvalue weighted by molar-refractivity contribution is -0.385. The molecular formula is C18H20N2O6S. The van der Waals surface area contributed by atoms with Crippen LogP contribution in [-0.4, -0.2) is 25.8 Å². The molecule has 0 aliphatic rings. The van der Waals surface area contributed by atoms with Crippen molar-refractivity contribution in [1.29, 1.82) is 0 Å². The Bertz CT molecular complexity index is 952. The SMILES string of the molecule is Cc1ccc([N+](=O)[O-])cc1S(=O)(=O)Oc1ccc(C(=O)NCC(C)C)cc1. The highest BCUT2D eigenvalue weighted by atomic mass is 32.2. The van der Waals surface area contributed by atoms with Crippen LogP contribution in [0.5, 0.6) is 5.75 Å². The summed E-state index contributed by atoms with van der Waals surface area (Å²) in [5, 5.41) is 13.6. The Hall–Kier alpha value is -2.94. The van der Waals surface area contributed by atoms with Crippen molar-refractivity contribution in [3.05, 3.63) is 63.7 Å². The number of amides is 1. The number of rotatable bonds is 7. The summed E-state index contributed by atoms with van der Waals surface area (Å²) in [7, 11) is -4.26. The van der Waals surface area contributed by atoms with Gasteiger partial charge in [0, 0.05) is 24.2 Å². The Labute approximate surface area is 157 Å². The van der Waals surface area contributed by atoms with E-state index in [1.54, 1.807) is 0 Å². The summed E-state index contributed by atoms with van der Waals surface area (Å²) in [6, 6.07) is 9.12. The van der Waals surface area contributed by atoms with Gasteiger partial charge in [-0.3, -0.25) is 14.9 Å². The van der Waals surface area contributed by atoms with Crippen LogP contribution in [0, 0.1) is 23.0 Å². The Morgan fingerprint density at radius 2 is 1.81 bits per heavy atom. The average Bonchev–Trinajstić information content (AvgIpc) is 2.60. The zero-order valence-electron chi connectivity index (χ0n) is 15.1. The van der Waals surface area contributed by atoms with E-state index in [4.69, 9.17) is 4.18 Å². The molecule has 1 N–H and O–H groups in total. The molecule has 0 saturated carbocycles. The fourth-order valence-corrected chi connectivity index (χ4v) is 3.39. The predicted molar refractivity (Wildman–Crippen MR) is 99.3 cm³/mol. The molecule has 1 amide bonds. The average molecular weight is 392 g/mol. The zero-order chi connectivity index (χ0) is 20.2. The number of nitrogens with one attached hydrogen (secondary N) is 1. The van der Waals surface area contributed by atoms with Crippen LogP contribution in [0.25, 0.3) is 0 Å². The van der Waals surface area contributed by atoms with Crippen LogP contribution in [0.2, 0.25) is 0 Å². The first-order valence-corrected chi connectivity index (χ1v) is 9.59. The highest BCUT2D eigenvalue weighted by Gasteiger charge is 2.22. The van der Waals surface area contributed by atoms with Crippen molar-refractivity contribution in [1.82, 2.24) is 5.32 Å². The van der Waals surface area contributed by atoms with Gasteiger partial charge >= 0.3 is 10.1 Å². The molecule has 8 nitrogen and oxygen atoms in total. The van der Waals surface area contributed by atoms with E-state index in [1.807, 2.05) is 13.8 Å². The maximum Gasteiger partial charge on any atom is 0.339 e. The van der Waals surface area contributed by atoms with Crippen molar-refractivity contribution in [2.75, 3.05) is 6.54 Å². The first-order valence-electron chi connectivity index (χ1n) is 8.18. The van der Waals surface area contributed by atoms with Crippen LogP contribution < -0.4 is 9.50 Å². The van der Waals surface area contributed by atoms with Gasteiger partial charge in [-0.2, -0.15) is 8.42 Å². The second-order valence-electron chi connectivity index (χ2n) is 6.37. The molecule has 0 saturated heterocycles. The number of nitrogens with zero attached hydrogens (tertiary/aromatic N) is 1. The molecule has 144 valence electrons. The van der Waals surface area contributed by atoms with Gasteiger partial charge in [-0.1, -0.05) is 19.9 Å². The number of benzene rings is 2. The molecule has 2 aromatic rings. The summed E-state index contributed by atoms with van der Waals surface area (Å²) in [4.78, 5) is 21.9. The number of carbonyl (C=O) groups excluding carboxylic acids is 1. The lowest BCUT2D eigenvalue weighted by Gasteiger charge is -2.10. The van der Waals surface area contributed by atoms with Crippen LogP contribution in [0.4, 0.5) is 5.69 Å². The molecule has 0 aromatic heterocycles. The maximum atomic E-state index is 12.5. The molecule has 0 heterocycles. The first kappa shape index (κ1) is 20.4. The lowest BCUT2D eigenvalue weighted by atomic mass is 10.2. The van der Waals surface area contributed by atoms with E-state index in [0.29, 0.717) is 23.6 Å². The first-order chi connectivity index (χ1) is 12.6. The standard InChI is InChI=1S/C18H20N2O6S/c1-12(2)11-19-18(21)14-5-8-16(9-6-14)26-27(24,25)17-10-15(20(22)23)7-4-13(17)3/h4-10,12H,11H2,1-3H3,(H,19,21). The number of non-ortho nitro benzene ring substituents is 1. The summed E-state index contributed by atoms with van der Waals surface area (Å²) in [5.41, 5.74) is 0.345. The van der Waals surface area contributed by atoms with Gasteiger partial charge in [0.1, 0.15) is 10.6 Å². The van der Waals surface area contributed by atoms with Crippen LogP contribution in [0.1, 0.15) is 29.8 Å². The third-order valence-corrected chi connectivity index (χ3v) is 5.04. The quantitative estimate of drug-likeness (QED) is 0.440. The molecule has 0 aliphatic heterocycles. The molecule has 0 bridgehead atoms. The van der Waals surface area contributed by atoms with Crippen LogP contribution >= 0.6 is 0 Å². The molecule has 0 fully saturated rings. The van der Waals surface area contributed by atoms with Crippen molar-refractivity contribution in [2.45, 2.75) is 25.7 Å². The van der Waals surface area contributed by atoms with E-state index in [0.717, 1.165) is 6.07 Å². The van der Waals surface area contributed by atoms with E-state index >= 15 is 0 Å². The highest BCUT2D eigenvalue weighted by Crippen LogP contribution is 2.25. The number of aryl methyl sites for hydroxylation is 1. The summed E-state index contributed by atoms with van der Waals surface area (Å²) in [6.45, 7) is 5.98. The topological polar surface area (TPSA) is 116 Å². The summed E-state index contributed by atoms with van der Waals surface area (Å²) in [6.07, 6.45) is 0. The molecule has 0 radical (unpaired) electrons. The zero-order valence-corrected chi connectivity index (χ0v) is 15.9. The van der Waals surface area contributed by atoms with E-state index < -0.39 is 15.0 Å². The summed E-state index contributed by atoms with van der Waals surface area (Å²) >= 11 is 0. The monoisotopic (exact) mass is 392 g/mol. The van der Waals surface area contributed by atoms with E-state index in [2.05, 4.69) is 5.32 Å². The van der Waals surface area contributed by atoms with E-state index in [-0.39, 0.29) is 22.2 Å². The largest absolute Gasteiger partial charge is 0.379 e. The second kappa shape index (κ2) is 8.17. The molecule has 0 atom stereocenters. The van der Waals surface area contributed by atoms with Crippen LogP contribution in [-0.2, 0) is 10.1 Å². The highest BCUT2D eigenvalue weighted by molar-refractivity contribution is 7.87. The van der Waals surface area contributed by atoms with Gasteiger partial charge in [0.05, 0.1) is 4.92 Å². The van der Waals surface area contributed by atoms with Gasteiger partial charge in [-0.25, -0.2) is 0 Å². The number of hydrogen-bond acceptors (Lipinski definition) is 6. The van der Waals surface area contributed by atoms with E-state index in [1.165, 1.54) is 43.3 Å². The number of carbonyl (C=O) groups is 1. The lowest BCUT2D eigenvalue weighted by Crippen LogP contribution is -2.27. The van der Waals surface area contributed by atoms with Gasteiger partial charge in [0.15, 0.2) is 0 Å². The Balaban J connectivity index is 2.20. The maximum absolute atomic E-state index is 12.5. The molecule has 0 aliphatic carbocycles. The van der Waals surface area contributed by atoms with Gasteiger partial charge in [-0.15, -0.1) is 0 Å². The third kappa shape index (κ3) is 5.27. The summed E-state index contributed by atoms with van der Waals surface area (Å²) < 4.78 is 30.0. The molecule has 0 spiro atoms. The minimum Gasteiger partial charge on any atom is -0.379 e. The summed E-state index contributed by atoms with van der Waals surface area (Å²) in [5.74, 6) is 0.0359. The second-order valence-corrected chi connectivity index (χ2v) is 7.89. The number of nitro groups is 1.